The molecule has 0 bridgehead atoms. The van der Waals surface area contributed by atoms with Gasteiger partial charge in [-0.15, -0.1) is 0 Å². The van der Waals surface area contributed by atoms with Crippen molar-refractivity contribution in [3.05, 3.63) is 78.2 Å². The molecule has 1 saturated heterocycles. The van der Waals surface area contributed by atoms with Crippen LogP contribution < -0.4 is 15.0 Å². The summed E-state index contributed by atoms with van der Waals surface area (Å²) >= 11 is 0. The molecule has 1 N–H and O–H groups in total. The van der Waals surface area contributed by atoms with Gasteiger partial charge in [0.05, 0.1) is 12.0 Å². The number of ether oxygens (including phenoxy) is 1. The zero-order valence-electron chi connectivity index (χ0n) is 19.1. The molecule has 34 heavy (non-hydrogen) atoms. The van der Waals surface area contributed by atoms with Crippen molar-refractivity contribution in [2.45, 2.75) is 32.4 Å². The van der Waals surface area contributed by atoms with Crippen LogP contribution in [0.2, 0.25) is 0 Å². The minimum absolute atomic E-state index is 0.0334. The third kappa shape index (κ3) is 4.21. The van der Waals surface area contributed by atoms with E-state index < -0.39 is 0 Å². The zero-order chi connectivity index (χ0) is 23.1. The van der Waals surface area contributed by atoms with Gasteiger partial charge >= 0.3 is 0 Å². The maximum Gasteiger partial charge on any atom is 0.226 e. The Morgan fingerprint density at radius 1 is 1.06 bits per heavy atom. The van der Waals surface area contributed by atoms with Crippen molar-refractivity contribution in [1.29, 1.82) is 0 Å². The maximum atomic E-state index is 12.6. The van der Waals surface area contributed by atoms with E-state index in [2.05, 4.69) is 69.7 Å². The fourth-order valence-corrected chi connectivity index (χ4v) is 4.28. The average molecular weight is 454 g/mol. The highest BCUT2D eigenvalue weighted by Gasteiger charge is 2.34. The van der Waals surface area contributed by atoms with Crippen LogP contribution in [0.5, 0.6) is 5.75 Å². The van der Waals surface area contributed by atoms with Crippen LogP contribution in [0, 0.1) is 12.8 Å². The summed E-state index contributed by atoms with van der Waals surface area (Å²) in [6.45, 7) is 3.92. The monoisotopic (exact) mass is 453 g/mol. The molecule has 3 heterocycles. The van der Waals surface area contributed by atoms with Gasteiger partial charge in [-0.3, -0.25) is 4.79 Å². The first kappa shape index (κ1) is 20.7. The van der Waals surface area contributed by atoms with Gasteiger partial charge in [-0.05, 0) is 49.1 Å². The highest BCUT2D eigenvalue weighted by Crippen LogP contribution is 2.32. The van der Waals surface area contributed by atoms with Crippen LogP contribution in [0.15, 0.2) is 67.1 Å². The van der Waals surface area contributed by atoms with E-state index in [9.17, 15) is 4.79 Å². The predicted molar refractivity (Wildman–Crippen MR) is 131 cm³/mol. The van der Waals surface area contributed by atoms with Gasteiger partial charge in [-0.2, -0.15) is 5.10 Å². The fourth-order valence-electron chi connectivity index (χ4n) is 4.28. The second kappa shape index (κ2) is 8.48. The molecule has 0 spiro atoms. The van der Waals surface area contributed by atoms with Crippen LogP contribution in [0.25, 0.3) is 16.6 Å². The van der Waals surface area contributed by atoms with Gasteiger partial charge in [-0.1, -0.05) is 42.0 Å². The average Bonchev–Trinajstić information content (AvgIpc) is 3.52. The standard InChI is InChI=1S/C27H27N5O2/c1-18-2-4-19(5-3-18)13-28-27(33)22-14-31(15-22)26-25-12-21(16-32(25)30-17-29-26)20-6-8-23(9-7-20)34-24-10-11-24/h2-9,12,16-17,22,24H,10-11,13-15H2,1H3,(H,28,33). The van der Waals surface area contributed by atoms with Gasteiger partial charge in [0.1, 0.15) is 17.6 Å². The summed E-state index contributed by atoms with van der Waals surface area (Å²) in [5, 5.41) is 7.45. The first-order valence-electron chi connectivity index (χ1n) is 11.8. The van der Waals surface area contributed by atoms with E-state index in [-0.39, 0.29) is 11.8 Å². The van der Waals surface area contributed by atoms with Crippen molar-refractivity contribution in [1.82, 2.24) is 19.9 Å². The SMILES string of the molecule is Cc1ccc(CNC(=O)C2CN(c3ncnn4cc(-c5ccc(OC6CC6)cc5)cc34)C2)cc1. The number of nitrogens with one attached hydrogen (secondary N) is 1. The number of carbonyl (C=O) groups excluding carboxylic acids is 1. The molecular weight excluding hydrogens is 426 g/mol. The van der Waals surface area contributed by atoms with Gasteiger partial charge in [0.25, 0.3) is 0 Å². The number of anilines is 1. The molecule has 0 atom stereocenters. The lowest BCUT2D eigenvalue weighted by Crippen LogP contribution is -2.54. The quantitative estimate of drug-likeness (QED) is 0.458. The molecule has 6 rings (SSSR count). The maximum absolute atomic E-state index is 12.6. The molecule has 1 amide bonds. The molecule has 7 nitrogen and oxygen atoms in total. The highest BCUT2D eigenvalue weighted by molar-refractivity contribution is 5.84. The van der Waals surface area contributed by atoms with Crippen LogP contribution >= 0.6 is 0 Å². The van der Waals surface area contributed by atoms with Crippen molar-refractivity contribution >= 4 is 17.2 Å². The number of nitrogens with zero attached hydrogens (tertiary/aromatic N) is 4. The van der Waals surface area contributed by atoms with Crippen LogP contribution in [0.3, 0.4) is 0 Å². The van der Waals surface area contributed by atoms with E-state index in [0.29, 0.717) is 25.7 Å². The Balaban J connectivity index is 1.11. The lowest BCUT2D eigenvalue weighted by molar-refractivity contribution is -0.125. The van der Waals surface area contributed by atoms with E-state index in [1.165, 1.54) is 5.56 Å². The third-order valence-corrected chi connectivity index (χ3v) is 6.54. The molecule has 1 aliphatic heterocycles. The number of hydrogen-bond acceptors (Lipinski definition) is 5. The molecule has 4 aromatic rings. The molecule has 1 aliphatic carbocycles. The van der Waals surface area contributed by atoms with Crippen LogP contribution in [-0.4, -0.2) is 39.7 Å². The molecular formula is C27H27N5O2. The summed E-state index contributed by atoms with van der Waals surface area (Å²) in [6.07, 6.45) is 6.29. The number of aromatic nitrogens is 3. The first-order valence-corrected chi connectivity index (χ1v) is 11.8. The van der Waals surface area contributed by atoms with Crippen LogP contribution in [0.1, 0.15) is 24.0 Å². The number of aryl methyl sites for hydroxylation is 1. The topological polar surface area (TPSA) is 71.8 Å². The van der Waals surface area contributed by atoms with Gasteiger partial charge in [-0.25, -0.2) is 9.50 Å². The molecule has 2 fully saturated rings. The van der Waals surface area contributed by atoms with Crippen molar-refractivity contribution in [2.24, 2.45) is 5.92 Å². The Hall–Kier alpha value is -3.87. The van der Waals surface area contributed by atoms with Crippen LogP contribution in [-0.2, 0) is 11.3 Å². The van der Waals surface area contributed by atoms with E-state index in [1.807, 2.05) is 22.8 Å². The predicted octanol–water partition coefficient (Wildman–Crippen LogP) is 4.00. The fraction of sp³-hybridized carbons (Fsp3) is 0.296. The van der Waals surface area contributed by atoms with Crippen molar-refractivity contribution in [3.8, 4) is 16.9 Å². The smallest absolute Gasteiger partial charge is 0.226 e. The number of benzene rings is 2. The molecule has 172 valence electrons. The summed E-state index contributed by atoms with van der Waals surface area (Å²) < 4.78 is 7.72. The Morgan fingerprint density at radius 2 is 1.82 bits per heavy atom. The molecule has 0 unspecified atom stereocenters. The summed E-state index contributed by atoms with van der Waals surface area (Å²) in [5.74, 6) is 1.83. The molecule has 2 aromatic carbocycles. The summed E-state index contributed by atoms with van der Waals surface area (Å²) in [5.41, 5.74) is 5.45. The number of rotatable bonds is 7. The van der Waals surface area contributed by atoms with Gasteiger partial charge in [0, 0.05) is 31.4 Å². The highest BCUT2D eigenvalue weighted by atomic mass is 16.5. The number of hydrogen-bond donors (Lipinski definition) is 1. The van der Waals surface area contributed by atoms with E-state index >= 15 is 0 Å². The minimum Gasteiger partial charge on any atom is -0.490 e. The first-order chi connectivity index (χ1) is 16.6. The Labute approximate surface area is 198 Å². The van der Waals surface area contributed by atoms with E-state index in [1.54, 1.807) is 6.33 Å². The van der Waals surface area contributed by atoms with E-state index in [0.717, 1.165) is 46.6 Å². The summed E-state index contributed by atoms with van der Waals surface area (Å²) in [4.78, 5) is 19.3. The lowest BCUT2D eigenvalue weighted by Gasteiger charge is -2.39. The largest absolute Gasteiger partial charge is 0.490 e. The Morgan fingerprint density at radius 3 is 2.56 bits per heavy atom. The van der Waals surface area contributed by atoms with E-state index in [4.69, 9.17) is 4.74 Å². The third-order valence-electron chi connectivity index (χ3n) is 6.54. The van der Waals surface area contributed by atoms with Crippen molar-refractivity contribution < 1.29 is 9.53 Å². The van der Waals surface area contributed by atoms with Crippen molar-refractivity contribution in [3.63, 3.8) is 0 Å². The molecule has 0 radical (unpaired) electrons. The molecule has 7 heteroatoms. The summed E-state index contributed by atoms with van der Waals surface area (Å²) in [6, 6.07) is 18.6. The van der Waals surface area contributed by atoms with Gasteiger partial charge in [0.15, 0.2) is 5.82 Å². The lowest BCUT2D eigenvalue weighted by atomic mass is 9.99. The second-order valence-electron chi connectivity index (χ2n) is 9.29. The Bertz CT molecular complexity index is 1320. The normalized spacial score (nSPS) is 15.9. The van der Waals surface area contributed by atoms with Crippen LogP contribution in [0.4, 0.5) is 5.82 Å². The minimum atomic E-state index is -0.0334. The number of carbonyl (C=O) groups is 1. The van der Waals surface area contributed by atoms with Gasteiger partial charge < -0.3 is 15.0 Å². The Kier molecular flexibility index (Phi) is 5.17. The van der Waals surface area contributed by atoms with Crippen molar-refractivity contribution in [2.75, 3.05) is 18.0 Å². The van der Waals surface area contributed by atoms with Gasteiger partial charge in [0.2, 0.25) is 5.91 Å². The molecule has 1 saturated carbocycles. The number of fused-ring (bicyclic) bond motifs is 1. The zero-order valence-corrected chi connectivity index (χ0v) is 19.1. The summed E-state index contributed by atoms with van der Waals surface area (Å²) in [7, 11) is 0. The molecule has 2 aliphatic rings. The second-order valence-corrected chi connectivity index (χ2v) is 9.29. The molecule has 2 aromatic heterocycles. The number of amides is 1.